The topological polar surface area (TPSA) is 50.5 Å². The molecular weight excluding hydrogens is 288 g/mol. The first-order valence-corrected chi connectivity index (χ1v) is 7.06. The van der Waals surface area contributed by atoms with Crippen LogP contribution in [0.4, 0.5) is 4.79 Å². The van der Waals surface area contributed by atoms with Gasteiger partial charge in [0.25, 0.3) is 0 Å². The third-order valence-electron chi connectivity index (χ3n) is 2.91. The molecule has 114 valence electrons. The Labute approximate surface area is 130 Å². The molecule has 0 N–H and O–H groups in total. The van der Waals surface area contributed by atoms with Crippen LogP contribution in [0, 0.1) is 0 Å². The van der Waals surface area contributed by atoms with E-state index in [9.17, 15) is 4.79 Å². The van der Waals surface area contributed by atoms with E-state index < -0.39 is 0 Å². The molecule has 0 aliphatic carbocycles. The van der Waals surface area contributed by atoms with E-state index in [0.29, 0.717) is 11.6 Å². The molecule has 0 saturated heterocycles. The lowest BCUT2D eigenvalue weighted by Crippen LogP contribution is -2.29. The maximum Gasteiger partial charge on any atom is 0.344 e. The van der Waals surface area contributed by atoms with Gasteiger partial charge in [-0.1, -0.05) is 37.3 Å². The van der Waals surface area contributed by atoms with Crippen molar-refractivity contribution in [3.05, 3.63) is 41.8 Å². The number of carbonyl (C=O) groups is 1. The fourth-order valence-corrected chi connectivity index (χ4v) is 1.94. The van der Waals surface area contributed by atoms with Crippen LogP contribution in [0.25, 0.3) is 0 Å². The maximum atomic E-state index is 12.2. The van der Waals surface area contributed by atoms with Gasteiger partial charge in [-0.15, -0.1) is 0 Å². The fraction of sp³-hybridized carbons (Fsp3) is 0.400. The zero-order valence-electron chi connectivity index (χ0n) is 12.9. The Kier molecular flexibility index (Phi) is 6.37. The number of hydrogen-bond acceptors (Lipinski definition) is 3. The van der Waals surface area contributed by atoms with E-state index in [2.05, 4.69) is 16.7 Å². The highest BCUT2D eigenvalue weighted by Gasteiger charge is 2.17. The quantitative estimate of drug-likeness (QED) is 0.620. The minimum Gasteiger partial charge on any atom is -0.329 e. The summed E-state index contributed by atoms with van der Waals surface area (Å²) >= 11 is 6.10. The molecule has 0 radical (unpaired) electrons. The summed E-state index contributed by atoms with van der Waals surface area (Å²) in [6, 6.07) is 1.73. The summed E-state index contributed by atoms with van der Waals surface area (Å²) in [4.78, 5) is 17.7. The minimum absolute atomic E-state index is 0.188. The minimum atomic E-state index is -0.188. The second-order valence-corrected chi connectivity index (χ2v) is 5.05. The smallest absolute Gasteiger partial charge is 0.329 e. The van der Waals surface area contributed by atoms with Crippen molar-refractivity contribution in [2.75, 3.05) is 21.1 Å². The molecule has 0 fully saturated rings. The molecular formula is C15H21ClN4O. The van der Waals surface area contributed by atoms with Gasteiger partial charge in [-0.2, -0.15) is 9.78 Å². The number of allylic oxidation sites excluding steroid dienone is 3. The molecule has 0 saturated carbocycles. The highest BCUT2D eigenvalue weighted by Crippen LogP contribution is 2.15. The summed E-state index contributed by atoms with van der Waals surface area (Å²) in [5.74, 6) is 0. The van der Waals surface area contributed by atoms with E-state index in [1.54, 1.807) is 33.3 Å². The molecule has 1 heterocycles. The third-order valence-corrected chi connectivity index (χ3v) is 3.32. The summed E-state index contributed by atoms with van der Waals surface area (Å²) in [6.45, 7) is 5.68. The van der Waals surface area contributed by atoms with Gasteiger partial charge in [0, 0.05) is 27.6 Å². The van der Waals surface area contributed by atoms with E-state index >= 15 is 0 Å². The molecule has 0 bridgehead atoms. The molecule has 5 nitrogen and oxygen atoms in total. The van der Waals surface area contributed by atoms with Crippen LogP contribution in [-0.4, -0.2) is 47.0 Å². The molecule has 0 unspecified atom stereocenters. The number of aryl methyl sites for hydroxylation is 1. The first-order chi connectivity index (χ1) is 9.94. The van der Waals surface area contributed by atoms with Gasteiger partial charge in [-0.3, -0.25) is 4.99 Å². The van der Waals surface area contributed by atoms with Crippen molar-refractivity contribution in [1.29, 1.82) is 0 Å². The number of carbonyl (C=O) groups excluding carboxylic acids is 1. The molecule has 1 aromatic rings. The zero-order chi connectivity index (χ0) is 16.0. The van der Waals surface area contributed by atoms with Crippen molar-refractivity contribution >= 4 is 22.8 Å². The van der Waals surface area contributed by atoms with Gasteiger partial charge >= 0.3 is 6.03 Å². The zero-order valence-corrected chi connectivity index (χ0v) is 13.7. The van der Waals surface area contributed by atoms with Gasteiger partial charge in [0.15, 0.2) is 0 Å². The Morgan fingerprint density at radius 2 is 2.24 bits per heavy atom. The Morgan fingerprint density at radius 1 is 1.57 bits per heavy atom. The maximum absolute atomic E-state index is 12.2. The Bertz CT molecular complexity index is 584. The van der Waals surface area contributed by atoms with E-state index in [0.717, 1.165) is 23.4 Å². The van der Waals surface area contributed by atoms with Gasteiger partial charge in [-0.25, -0.2) is 4.79 Å². The molecule has 21 heavy (non-hydrogen) atoms. The molecule has 0 aliphatic heterocycles. The van der Waals surface area contributed by atoms with Crippen molar-refractivity contribution in [1.82, 2.24) is 14.7 Å². The molecule has 0 spiro atoms. The predicted molar refractivity (Wildman–Crippen MR) is 87.3 cm³/mol. The summed E-state index contributed by atoms with van der Waals surface area (Å²) in [6.07, 6.45) is 4.67. The van der Waals surface area contributed by atoms with Crippen molar-refractivity contribution in [3.8, 4) is 0 Å². The second kappa shape index (κ2) is 7.78. The number of halogens is 1. The van der Waals surface area contributed by atoms with Crippen molar-refractivity contribution in [2.45, 2.75) is 19.8 Å². The molecule has 0 aromatic carbocycles. The lowest BCUT2D eigenvalue weighted by atomic mass is 10.1. The molecule has 6 heteroatoms. The predicted octanol–water partition coefficient (Wildman–Crippen LogP) is 2.90. The van der Waals surface area contributed by atoms with Crippen LogP contribution in [0.5, 0.6) is 0 Å². The number of aliphatic imine (C=N–C) groups is 1. The van der Waals surface area contributed by atoms with Crippen LogP contribution in [0.15, 0.2) is 35.4 Å². The van der Waals surface area contributed by atoms with Crippen LogP contribution >= 0.6 is 11.6 Å². The first-order valence-electron chi connectivity index (χ1n) is 6.68. The number of nitrogens with zero attached hydrogens (tertiary/aromatic N) is 4. The number of hydrogen-bond donors (Lipinski definition) is 0. The van der Waals surface area contributed by atoms with E-state index in [-0.39, 0.29) is 6.03 Å². The lowest BCUT2D eigenvalue weighted by Gasteiger charge is -2.13. The molecule has 1 aromatic heterocycles. The Morgan fingerprint density at radius 3 is 2.71 bits per heavy atom. The van der Waals surface area contributed by atoms with Crippen LogP contribution in [0.2, 0.25) is 0 Å². The second-order valence-electron chi connectivity index (χ2n) is 4.69. The summed E-state index contributed by atoms with van der Waals surface area (Å²) in [5, 5.41) is 4.74. The van der Waals surface area contributed by atoms with Crippen LogP contribution < -0.4 is 0 Å². The largest absolute Gasteiger partial charge is 0.344 e. The van der Waals surface area contributed by atoms with Gasteiger partial charge in [0.2, 0.25) is 0 Å². The molecule has 1 rings (SSSR count). The third kappa shape index (κ3) is 4.29. The van der Waals surface area contributed by atoms with Gasteiger partial charge in [0.05, 0.1) is 11.4 Å². The van der Waals surface area contributed by atoms with Gasteiger partial charge in [0.1, 0.15) is 5.17 Å². The SMILES string of the molecule is C=C/C=C(/Cc1cc(CC)nn1C(=O)N(C)C)C(Cl)=NC. The number of aromatic nitrogens is 2. The monoisotopic (exact) mass is 308 g/mol. The molecule has 0 aliphatic rings. The summed E-state index contributed by atoms with van der Waals surface area (Å²) in [5.41, 5.74) is 2.44. The van der Waals surface area contributed by atoms with Crippen LogP contribution in [0.3, 0.4) is 0 Å². The van der Waals surface area contributed by atoms with E-state index in [4.69, 9.17) is 11.6 Å². The molecule has 0 atom stereocenters. The van der Waals surface area contributed by atoms with Gasteiger partial charge in [-0.05, 0) is 18.1 Å². The van der Waals surface area contributed by atoms with E-state index in [1.807, 2.05) is 13.0 Å². The average Bonchev–Trinajstić information content (AvgIpc) is 2.88. The standard InChI is InChI=1S/C15H21ClN4O/c1-6-8-11(14(16)17-3)9-13-10-12(7-2)18-20(13)15(21)19(4)5/h6,8,10H,1,7,9H2,2-5H3/b11-8-,17-14?. The van der Waals surface area contributed by atoms with Crippen LogP contribution in [0.1, 0.15) is 18.3 Å². The number of amides is 1. The van der Waals surface area contributed by atoms with Crippen molar-refractivity contribution in [2.24, 2.45) is 4.99 Å². The van der Waals surface area contributed by atoms with Crippen molar-refractivity contribution < 1.29 is 4.79 Å². The lowest BCUT2D eigenvalue weighted by molar-refractivity contribution is 0.215. The fourth-order valence-electron chi connectivity index (χ4n) is 1.81. The van der Waals surface area contributed by atoms with Gasteiger partial charge < -0.3 is 4.90 Å². The summed E-state index contributed by atoms with van der Waals surface area (Å²) < 4.78 is 1.41. The van der Waals surface area contributed by atoms with Crippen molar-refractivity contribution in [3.63, 3.8) is 0 Å². The summed E-state index contributed by atoms with van der Waals surface area (Å²) in [7, 11) is 5.01. The Hall–Kier alpha value is -1.88. The molecule has 1 amide bonds. The number of rotatable bonds is 5. The Balaban J connectivity index is 3.23. The highest BCUT2D eigenvalue weighted by atomic mass is 35.5. The highest BCUT2D eigenvalue weighted by molar-refractivity contribution is 6.69. The first kappa shape index (κ1) is 17.2. The van der Waals surface area contributed by atoms with E-state index in [1.165, 1.54) is 9.58 Å². The normalized spacial score (nSPS) is 12.4. The average molecular weight is 309 g/mol. The van der Waals surface area contributed by atoms with Crippen LogP contribution in [-0.2, 0) is 12.8 Å².